The second kappa shape index (κ2) is 12.5. The predicted octanol–water partition coefficient (Wildman–Crippen LogP) is 5.06. The molecule has 1 N–H and O–H groups in total. The second-order valence-corrected chi connectivity index (χ2v) is 8.61. The van der Waals surface area contributed by atoms with Crippen molar-refractivity contribution in [2.75, 3.05) is 19.8 Å². The van der Waals surface area contributed by atoms with E-state index >= 15 is 0 Å². The molecule has 0 aliphatic heterocycles. The van der Waals surface area contributed by atoms with Crippen molar-refractivity contribution in [1.29, 1.82) is 0 Å². The molecule has 0 aromatic heterocycles. The molecular formula is C26H36O5. The number of carbonyl (C=O) groups is 2. The Morgan fingerprint density at radius 3 is 2.13 bits per heavy atom. The van der Waals surface area contributed by atoms with E-state index in [4.69, 9.17) is 14.6 Å². The van der Waals surface area contributed by atoms with Gasteiger partial charge in [0.25, 0.3) is 0 Å². The van der Waals surface area contributed by atoms with E-state index in [-0.39, 0.29) is 24.7 Å². The lowest BCUT2D eigenvalue weighted by atomic mass is 9.77. The lowest BCUT2D eigenvalue weighted by Gasteiger charge is -2.29. The van der Waals surface area contributed by atoms with Gasteiger partial charge in [-0.05, 0) is 55.6 Å². The number of hydrogen-bond acceptors (Lipinski definition) is 5. The minimum atomic E-state index is -0.654. The Morgan fingerprint density at radius 1 is 1.03 bits per heavy atom. The van der Waals surface area contributed by atoms with Crippen LogP contribution in [0.1, 0.15) is 75.3 Å². The first-order valence-electron chi connectivity index (χ1n) is 11.2. The van der Waals surface area contributed by atoms with Gasteiger partial charge in [-0.25, -0.2) is 9.59 Å². The fraction of sp³-hybridized carbons (Fsp3) is 0.538. The Balaban J connectivity index is 2.04. The van der Waals surface area contributed by atoms with E-state index < -0.39 is 18.5 Å². The van der Waals surface area contributed by atoms with Crippen LogP contribution in [-0.4, -0.2) is 36.9 Å². The quantitative estimate of drug-likeness (QED) is 0.394. The van der Waals surface area contributed by atoms with Crippen molar-refractivity contribution in [2.45, 2.75) is 64.2 Å². The topological polar surface area (TPSA) is 72.8 Å². The van der Waals surface area contributed by atoms with Crippen molar-refractivity contribution in [2.24, 2.45) is 5.92 Å². The van der Waals surface area contributed by atoms with Gasteiger partial charge in [-0.15, -0.1) is 0 Å². The molecule has 1 aromatic carbocycles. The van der Waals surface area contributed by atoms with Crippen LogP contribution in [0.25, 0.3) is 0 Å². The molecule has 1 fully saturated rings. The molecule has 1 aromatic rings. The zero-order valence-corrected chi connectivity index (χ0v) is 18.9. The molecule has 0 bridgehead atoms. The van der Waals surface area contributed by atoms with Gasteiger partial charge < -0.3 is 14.6 Å². The summed E-state index contributed by atoms with van der Waals surface area (Å²) in [5.41, 5.74) is 2.58. The van der Waals surface area contributed by atoms with Crippen LogP contribution in [0, 0.1) is 5.92 Å². The van der Waals surface area contributed by atoms with Crippen molar-refractivity contribution in [3.63, 3.8) is 0 Å². The molecule has 0 radical (unpaired) electrons. The highest BCUT2D eigenvalue weighted by Gasteiger charge is 2.23. The normalized spacial score (nSPS) is 19.3. The first kappa shape index (κ1) is 24.9. The zero-order valence-electron chi connectivity index (χ0n) is 18.9. The molecular weight excluding hydrogens is 392 g/mol. The van der Waals surface area contributed by atoms with Gasteiger partial charge in [0.1, 0.15) is 13.2 Å². The molecule has 1 saturated carbocycles. The molecule has 1 aliphatic carbocycles. The summed E-state index contributed by atoms with van der Waals surface area (Å²) >= 11 is 0. The van der Waals surface area contributed by atoms with Crippen LogP contribution in [0.2, 0.25) is 0 Å². The van der Waals surface area contributed by atoms with Gasteiger partial charge in [0, 0.05) is 5.57 Å². The summed E-state index contributed by atoms with van der Waals surface area (Å²) in [7, 11) is 0. The average molecular weight is 429 g/mol. The molecule has 31 heavy (non-hydrogen) atoms. The number of carbonyl (C=O) groups excluding carboxylic acids is 2. The van der Waals surface area contributed by atoms with E-state index in [0.717, 1.165) is 11.5 Å². The fourth-order valence-corrected chi connectivity index (χ4v) is 4.12. The minimum Gasteiger partial charge on any atom is -0.462 e. The highest BCUT2D eigenvalue weighted by molar-refractivity contribution is 5.88. The molecule has 2 rings (SSSR count). The van der Waals surface area contributed by atoms with Gasteiger partial charge in [0.2, 0.25) is 0 Å². The SMILES string of the molecule is C=C(C)C(=O)OCC(COC(=O)C(=C)CO)c1ccc(C2CCC(CCC)CC2)cc1. The molecule has 5 nitrogen and oxygen atoms in total. The van der Waals surface area contributed by atoms with Crippen LogP contribution in [0.4, 0.5) is 0 Å². The second-order valence-electron chi connectivity index (χ2n) is 8.61. The molecule has 0 saturated heterocycles. The Labute approximate surface area is 186 Å². The summed E-state index contributed by atoms with van der Waals surface area (Å²) in [6, 6.07) is 8.34. The number of aliphatic hydroxyl groups excluding tert-OH is 1. The Kier molecular flexibility index (Phi) is 9.99. The van der Waals surface area contributed by atoms with E-state index in [9.17, 15) is 9.59 Å². The Hall–Kier alpha value is -2.40. The molecule has 0 spiro atoms. The summed E-state index contributed by atoms with van der Waals surface area (Å²) in [6.45, 7) is 10.6. The lowest BCUT2D eigenvalue weighted by Crippen LogP contribution is -2.21. The number of benzene rings is 1. The van der Waals surface area contributed by atoms with E-state index in [0.29, 0.717) is 11.5 Å². The maximum atomic E-state index is 11.9. The summed E-state index contributed by atoms with van der Waals surface area (Å²) < 4.78 is 10.6. The lowest BCUT2D eigenvalue weighted by molar-refractivity contribution is -0.142. The third kappa shape index (κ3) is 7.66. The van der Waals surface area contributed by atoms with E-state index in [1.165, 1.54) is 44.1 Å². The van der Waals surface area contributed by atoms with E-state index in [1.54, 1.807) is 6.92 Å². The van der Waals surface area contributed by atoms with Crippen molar-refractivity contribution >= 4 is 11.9 Å². The summed E-state index contributed by atoms with van der Waals surface area (Å²) in [5.74, 6) is 0.0210. The molecule has 170 valence electrons. The van der Waals surface area contributed by atoms with Crippen molar-refractivity contribution < 1.29 is 24.2 Å². The summed E-state index contributed by atoms with van der Waals surface area (Å²) in [6.07, 6.45) is 7.64. The number of aliphatic hydroxyl groups is 1. The van der Waals surface area contributed by atoms with Gasteiger partial charge >= 0.3 is 11.9 Å². The van der Waals surface area contributed by atoms with Crippen LogP contribution in [0.15, 0.2) is 48.6 Å². The third-order valence-electron chi connectivity index (χ3n) is 6.08. The zero-order chi connectivity index (χ0) is 22.8. The van der Waals surface area contributed by atoms with Gasteiger partial charge in [-0.1, -0.05) is 57.2 Å². The Bertz CT molecular complexity index is 757. The van der Waals surface area contributed by atoms with Crippen LogP contribution in [0.3, 0.4) is 0 Å². The van der Waals surface area contributed by atoms with Crippen molar-refractivity contribution in [1.82, 2.24) is 0 Å². The first-order valence-corrected chi connectivity index (χ1v) is 11.2. The highest BCUT2D eigenvalue weighted by atomic mass is 16.5. The molecule has 1 aliphatic rings. The van der Waals surface area contributed by atoms with E-state index in [2.05, 4.69) is 32.2 Å². The highest BCUT2D eigenvalue weighted by Crippen LogP contribution is 2.37. The largest absolute Gasteiger partial charge is 0.462 e. The van der Waals surface area contributed by atoms with Crippen LogP contribution >= 0.6 is 0 Å². The maximum absolute atomic E-state index is 11.9. The molecule has 1 atom stereocenters. The molecule has 1 unspecified atom stereocenters. The van der Waals surface area contributed by atoms with Crippen molar-refractivity contribution in [3.05, 3.63) is 59.7 Å². The monoisotopic (exact) mass is 428 g/mol. The number of rotatable bonds is 11. The number of esters is 2. The molecule has 0 amide bonds. The van der Waals surface area contributed by atoms with Gasteiger partial charge in [0.15, 0.2) is 0 Å². The van der Waals surface area contributed by atoms with Crippen LogP contribution in [0.5, 0.6) is 0 Å². The maximum Gasteiger partial charge on any atom is 0.335 e. The van der Waals surface area contributed by atoms with Gasteiger partial charge in [-0.3, -0.25) is 0 Å². The first-order chi connectivity index (χ1) is 14.8. The van der Waals surface area contributed by atoms with E-state index in [1.807, 2.05) is 12.1 Å². The third-order valence-corrected chi connectivity index (χ3v) is 6.08. The fourth-order valence-electron chi connectivity index (χ4n) is 4.12. The molecule has 0 heterocycles. The van der Waals surface area contributed by atoms with Crippen LogP contribution in [-0.2, 0) is 19.1 Å². The van der Waals surface area contributed by atoms with Crippen molar-refractivity contribution in [3.8, 4) is 0 Å². The standard InChI is InChI=1S/C26H36O5/c1-5-6-20-7-9-21(10-8-20)22-11-13-23(14-12-22)24(16-30-25(28)18(2)3)17-31-26(29)19(4)15-27/h11-14,20-21,24,27H,2,4-10,15-17H2,1,3H3. The van der Waals surface area contributed by atoms with Gasteiger partial charge in [0.05, 0.1) is 18.1 Å². The molecule has 5 heteroatoms. The summed E-state index contributed by atoms with van der Waals surface area (Å²) in [4.78, 5) is 23.7. The van der Waals surface area contributed by atoms with Gasteiger partial charge in [-0.2, -0.15) is 0 Å². The number of hydrogen-bond donors (Lipinski definition) is 1. The summed E-state index contributed by atoms with van der Waals surface area (Å²) in [5, 5.41) is 9.05. The number of ether oxygens (including phenoxy) is 2. The average Bonchev–Trinajstić information content (AvgIpc) is 2.79. The predicted molar refractivity (Wildman–Crippen MR) is 122 cm³/mol. The smallest absolute Gasteiger partial charge is 0.335 e. The Morgan fingerprint density at radius 2 is 1.61 bits per heavy atom. The van der Waals surface area contributed by atoms with Crippen LogP contribution < -0.4 is 0 Å². The minimum absolute atomic E-state index is 0.00768.